The van der Waals surface area contributed by atoms with Gasteiger partial charge in [0.1, 0.15) is 11.7 Å². The molecule has 180 valence electrons. The summed E-state index contributed by atoms with van der Waals surface area (Å²) in [6, 6.07) is 16.3. The number of hydrogen-bond donors (Lipinski definition) is 1. The van der Waals surface area contributed by atoms with Crippen molar-refractivity contribution in [3.8, 4) is 0 Å². The van der Waals surface area contributed by atoms with Crippen molar-refractivity contribution in [1.29, 1.82) is 0 Å². The number of halogens is 2. The molecule has 2 aliphatic heterocycles. The molecule has 8 heteroatoms. The molecule has 0 aromatic heterocycles. The van der Waals surface area contributed by atoms with Crippen LogP contribution in [0.5, 0.6) is 0 Å². The molecule has 33 heavy (non-hydrogen) atoms. The lowest BCUT2D eigenvalue weighted by Crippen LogP contribution is -2.44. The number of nitrogens with zero attached hydrogens (tertiary/aromatic N) is 1. The molecule has 2 fully saturated rings. The molecule has 0 bridgehead atoms. The van der Waals surface area contributed by atoms with Crippen molar-refractivity contribution >= 4 is 38.0 Å². The van der Waals surface area contributed by atoms with Crippen molar-refractivity contribution in [1.82, 2.24) is 10.2 Å². The highest BCUT2D eigenvalue weighted by molar-refractivity contribution is 9.10. The van der Waals surface area contributed by atoms with E-state index in [1.165, 1.54) is 5.56 Å². The zero-order chi connectivity index (χ0) is 23.8. The number of carbonyl (C=O) groups excluding carboxylic acids is 1. The molecule has 2 atom stereocenters. The Balaban J connectivity index is 0.000000203. The standard InChI is InChI=1S/C15H20BrNO3.C10H12BrNO/c1-15(2,3)20-14(18)17-8-9-19-13(10-17)11-4-6-12(16)7-5-11;11-9-3-1-8(2-4-9)10-7-12-5-6-13-10/h4-7,13H,8-10H2,1-3H3;1-4,10,12H,5-7H2/t13-;10-/m11/s1. The van der Waals surface area contributed by atoms with Gasteiger partial charge in [-0.15, -0.1) is 0 Å². The molecule has 2 aliphatic rings. The summed E-state index contributed by atoms with van der Waals surface area (Å²) in [6.45, 7) is 9.93. The maximum atomic E-state index is 12.1. The van der Waals surface area contributed by atoms with Crippen LogP contribution in [0, 0.1) is 0 Å². The van der Waals surface area contributed by atoms with Gasteiger partial charge in [0.15, 0.2) is 0 Å². The molecule has 1 N–H and O–H groups in total. The summed E-state index contributed by atoms with van der Waals surface area (Å²) in [6.07, 6.45) is -0.144. The van der Waals surface area contributed by atoms with Crippen molar-refractivity contribution in [3.05, 3.63) is 68.6 Å². The van der Waals surface area contributed by atoms with E-state index < -0.39 is 5.60 Å². The Labute approximate surface area is 213 Å². The predicted octanol–water partition coefficient (Wildman–Crippen LogP) is 5.87. The van der Waals surface area contributed by atoms with E-state index in [2.05, 4.69) is 49.3 Å². The lowest BCUT2D eigenvalue weighted by atomic mass is 10.1. The van der Waals surface area contributed by atoms with Crippen LogP contribution in [0.2, 0.25) is 0 Å². The van der Waals surface area contributed by atoms with Crippen LogP contribution in [0.3, 0.4) is 0 Å². The van der Waals surface area contributed by atoms with E-state index >= 15 is 0 Å². The zero-order valence-electron chi connectivity index (χ0n) is 19.4. The van der Waals surface area contributed by atoms with Gasteiger partial charge in [-0.05, 0) is 56.2 Å². The zero-order valence-corrected chi connectivity index (χ0v) is 22.5. The highest BCUT2D eigenvalue weighted by atomic mass is 79.9. The summed E-state index contributed by atoms with van der Waals surface area (Å²) in [5.41, 5.74) is 1.85. The van der Waals surface area contributed by atoms with Gasteiger partial charge in [-0.1, -0.05) is 56.1 Å². The lowest BCUT2D eigenvalue weighted by molar-refractivity contribution is -0.0432. The van der Waals surface area contributed by atoms with Crippen molar-refractivity contribution in [2.75, 3.05) is 39.4 Å². The third-order valence-corrected chi connectivity index (χ3v) is 6.19. The lowest BCUT2D eigenvalue weighted by Gasteiger charge is -2.34. The second-order valence-corrected chi connectivity index (χ2v) is 10.8. The molecule has 2 heterocycles. The fraction of sp³-hybridized carbons (Fsp3) is 0.480. The molecule has 4 rings (SSSR count). The Bertz CT molecular complexity index is 879. The number of ether oxygens (including phenoxy) is 3. The first-order valence-electron chi connectivity index (χ1n) is 11.1. The quantitative estimate of drug-likeness (QED) is 0.479. The molecule has 2 saturated heterocycles. The van der Waals surface area contributed by atoms with Gasteiger partial charge in [0.2, 0.25) is 0 Å². The highest BCUT2D eigenvalue weighted by Gasteiger charge is 2.28. The number of morpholine rings is 2. The third-order valence-electron chi connectivity index (χ3n) is 5.13. The van der Waals surface area contributed by atoms with E-state index in [4.69, 9.17) is 14.2 Å². The minimum absolute atomic E-state index is 0.0932. The summed E-state index contributed by atoms with van der Waals surface area (Å²) < 4.78 is 18.9. The molecular weight excluding hydrogens is 552 g/mol. The van der Waals surface area contributed by atoms with E-state index in [0.29, 0.717) is 19.7 Å². The highest BCUT2D eigenvalue weighted by Crippen LogP contribution is 2.25. The molecular formula is C25H32Br2N2O4. The van der Waals surface area contributed by atoms with Crippen molar-refractivity contribution in [2.45, 2.75) is 38.6 Å². The molecule has 0 radical (unpaired) electrons. The Morgan fingerprint density at radius 2 is 1.48 bits per heavy atom. The van der Waals surface area contributed by atoms with Crippen LogP contribution in [0.25, 0.3) is 0 Å². The van der Waals surface area contributed by atoms with Gasteiger partial charge in [-0.2, -0.15) is 0 Å². The monoisotopic (exact) mass is 582 g/mol. The van der Waals surface area contributed by atoms with Gasteiger partial charge in [0.25, 0.3) is 0 Å². The van der Waals surface area contributed by atoms with Gasteiger partial charge in [0, 0.05) is 28.6 Å². The second-order valence-electron chi connectivity index (χ2n) is 8.95. The van der Waals surface area contributed by atoms with Crippen LogP contribution in [0.4, 0.5) is 4.79 Å². The van der Waals surface area contributed by atoms with Crippen LogP contribution in [-0.4, -0.2) is 56.0 Å². The summed E-state index contributed by atoms with van der Waals surface area (Å²) in [4.78, 5) is 13.8. The molecule has 2 aromatic rings. The van der Waals surface area contributed by atoms with E-state index in [0.717, 1.165) is 34.2 Å². The molecule has 0 aliphatic carbocycles. The van der Waals surface area contributed by atoms with Crippen LogP contribution in [0.15, 0.2) is 57.5 Å². The van der Waals surface area contributed by atoms with E-state index in [9.17, 15) is 4.79 Å². The Morgan fingerprint density at radius 1 is 0.939 bits per heavy atom. The summed E-state index contributed by atoms with van der Waals surface area (Å²) in [5.74, 6) is 0. The summed E-state index contributed by atoms with van der Waals surface area (Å²) in [5, 5.41) is 3.31. The number of hydrogen-bond acceptors (Lipinski definition) is 5. The van der Waals surface area contributed by atoms with Crippen LogP contribution < -0.4 is 5.32 Å². The van der Waals surface area contributed by atoms with Gasteiger partial charge < -0.3 is 24.4 Å². The number of carbonyl (C=O) groups is 1. The fourth-order valence-corrected chi connectivity index (χ4v) is 4.01. The Morgan fingerprint density at radius 3 is 2.00 bits per heavy atom. The summed E-state index contributed by atoms with van der Waals surface area (Å²) >= 11 is 6.83. The minimum Gasteiger partial charge on any atom is -0.444 e. The number of nitrogens with one attached hydrogen (secondary N) is 1. The SMILES string of the molecule is Brc1ccc([C@H]2CNCCO2)cc1.CC(C)(C)OC(=O)N1CCO[C@@H](c2ccc(Br)cc2)C1. The first kappa shape index (κ1) is 26.2. The number of amides is 1. The predicted molar refractivity (Wildman–Crippen MR) is 136 cm³/mol. The average molecular weight is 584 g/mol. The first-order valence-corrected chi connectivity index (χ1v) is 12.7. The minimum atomic E-state index is -0.470. The van der Waals surface area contributed by atoms with Gasteiger partial charge >= 0.3 is 6.09 Å². The Kier molecular flexibility index (Phi) is 9.76. The van der Waals surface area contributed by atoms with Gasteiger partial charge in [-0.25, -0.2) is 4.79 Å². The smallest absolute Gasteiger partial charge is 0.410 e. The molecule has 0 spiro atoms. The van der Waals surface area contributed by atoms with Crippen molar-refractivity contribution in [2.24, 2.45) is 0 Å². The molecule has 0 unspecified atom stereocenters. The fourth-order valence-electron chi connectivity index (χ4n) is 3.48. The second kappa shape index (κ2) is 12.3. The normalized spacial score (nSPS) is 21.1. The van der Waals surface area contributed by atoms with Crippen molar-refractivity contribution in [3.63, 3.8) is 0 Å². The van der Waals surface area contributed by atoms with Gasteiger partial charge in [-0.3, -0.25) is 0 Å². The van der Waals surface area contributed by atoms with E-state index in [1.807, 2.05) is 57.2 Å². The van der Waals surface area contributed by atoms with Crippen molar-refractivity contribution < 1.29 is 19.0 Å². The number of benzene rings is 2. The molecule has 2 aromatic carbocycles. The maximum absolute atomic E-state index is 12.1. The maximum Gasteiger partial charge on any atom is 0.410 e. The molecule has 0 saturated carbocycles. The van der Waals surface area contributed by atoms with E-state index in [-0.39, 0.29) is 18.3 Å². The first-order chi connectivity index (χ1) is 15.7. The number of rotatable bonds is 2. The third kappa shape index (κ3) is 8.68. The topological polar surface area (TPSA) is 60.0 Å². The molecule has 1 amide bonds. The van der Waals surface area contributed by atoms with Crippen LogP contribution >= 0.6 is 31.9 Å². The molecule has 6 nitrogen and oxygen atoms in total. The van der Waals surface area contributed by atoms with E-state index in [1.54, 1.807) is 4.90 Å². The van der Waals surface area contributed by atoms with Gasteiger partial charge in [0.05, 0.1) is 25.9 Å². The van der Waals surface area contributed by atoms with Crippen LogP contribution in [0.1, 0.15) is 44.1 Å². The summed E-state index contributed by atoms with van der Waals surface area (Å²) in [7, 11) is 0. The van der Waals surface area contributed by atoms with Crippen LogP contribution in [-0.2, 0) is 14.2 Å². The largest absolute Gasteiger partial charge is 0.444 e. The Hall–Kier alpha value is -1.45. The average Bonchev–Trinajstić information content (AvgIpc) is 2.80.